The second-order valence-corrected chi connectivity index (χ2v) is 5.16. The average Bonchev–Trinajstić information content (AvgIpc) is 2.73. The monoisotopic (exact) mass is 265 g/mol. The number of nitrogens with one attached hydrogen (secondary N) is 1. The third-order valence-electron chi connectivity index (χ3n) is 2.91. The molecule has 0 spiro atoms. The maximum Gasteiger partial charge on any atom is 0.217 e. The zero-order chi connectivity index (χ0) is 13.3. The minimum Gasteiger partial charge on any atom is -0.451 e. The van der Waals surface area contributed by atoms with Crippen LogP contribution in [0, 0.1) is 0 Å². The van der Waals surface area contributed by atoms with Crippen LogP contribution >= 0.6 is 11.6 Å². The fourth-order valence-corrected chi connectivity index (χ4v) is 2.19. The molecule has 0 saturated heterocycles. The number of rotatable bonds is 4. The highest BCUT2D eigenvalue weighted by Crippen LogP contribution is 2.28. The molecule has 18 heavy (non-hydrogen) atoms. The normalized spacial score (nSPS) is 12.0. The zero-order valence-electron chi connectivity index (χ0n) is 10.7. The number of halogens is 1. The SMILES string of the molecule is CCNC(C)(C)C(=O)c1cc2cccc(Cl)c2o1. The van der Waals surface area contributed by atoms with Gasteiger partial charge in [-0.25, -0.2) is 0 Å². The van der Waals surface area contributed by atoms with Gasteiger partial charge in [-0.05, 0) is 32.5 Å². The number of furan rings is 1. The third kappa shape index (κ3) is 2.28. The molecule has 0 fully saturated rings. The van der Waals surface area contributed by atoms with Crippen molar-refractivity contribution in [3.63, 3.8) is 0 Å². The molecular formula is C14H16ClNO2. The molecule has 0 aliphatic carbocycles. The van der Waals surface area contributed by atoms with Gasteiger partial charge in [-0.2, -0.15) is 0 Å². The molecule has 0 unspecified atom stereocenters. The Hall–Kier alpha value is -1.32. The van der Waals surface area contributed by atoms with Crippen molar-refractivity contribution < 1.29 is 9.21 Å². The minimum atomic E-state index is -0.644. The molecule has 0 aliphatic heterocycles. The lowest BCUT2D eigenvalue weighted by molar-refractivity contribution is 0.0857. The van der Waals surface area contributed by atoms with Crippen LogP contribution in [0.2, 0.25) is 5.02 Å². The Labute approximate surface area is 111 Å². The van der Waals surface area contributed by atoms with E-state index in [0.29, 0.717) is 16.4 Å². The first-order valence-electron chi connectivity index (χ1n) is 5.93. The van der Waals surface area contributed by atoms with Gasteiger partial charge in [0.05, 0.1) is 10.6 Å². The van der Waals surface area contributed by atoms with Crippen molar-refractivity contribution in [2.45, 2.75) is 26.3 Å². The number of hydrogen-bond acceptors (Lipinski definition) is 3. The molecule has 0 atom stereocenters. The molecule has 0 saturated carbocycles. The van der Waals surface area contributed by atoms with Gasteiger partial charge in [0.15, 0.2) is 11.3 Å². The summed E-state index contributed by atoms with van der Waals surface area (Å²) in [6.45, 7) is 6.37. The van der Waals surface area contributed by atoms with Crippen molar-refractivity contribution in [1.29, 1.82) is 0 Å². The van der Waals surface area contributed by atoms with Crippen molar-refractivity contribution in [2.75, 3.05) is 6.54 Å². The molecule has 0 bridgehead atoms. The van der Waals surface area contributed by atoms with Crippen molar-refractivity contribution >= 4 is 28.4 Å². The van der Waals surface area contributed by atoms with Crippen molar-refractivity contribution in [1.82, 2.24) is 5.32 Å². The Balaban J connectivity index is 2.43. The standard InChI is InChI=1S/C14H16ClNO2/c1-4-16-14(2,3)13(17)11-8-9-6-5-7-10(15)12(9)18-11/h5-8,16H,4H2,1-3H3. The van der Waals surface area contributed by atoms with Crippen LogP contribution in [0.3, 0.4) is 0 Å². The van der Waals surface area contributed by atoms with Crippen molar-refractivity contribution in [2.24, 2.45) is 0 Å². The first-order chi connectivity index (χ1) is 8.45. The summed E-state index contributed by atoms with van der Waals surface area (Å²) in [6, 6.07) is 7.20. The maximum absolute atomic E-state index is 12.3. The number of fused-ring (bicyclic) bond motifs is 1. The van der Waals surface area contributed by atoms with Gasteiger partial charge in [0.2, 0.25) is 5.78 Å². The fraction of sp³-hybridized carbons (Fsp3) is 0.357. The van der Waals surface area contributed by atoms with Gasteiger partial charge in [-0.15, -0.1) is 0 Å². The first kappa shape index (κ1) is 13.1. The topological polar surface area (TPSA) is 42.2 Å². The summed E-state index contributed by atoms with van der Waals surface area (Å²) in [5.74, 6) is 0.265. The Morgan fingerprint density at radius 1 is 1.44 bits per heavy atom. The molecule has 0 amide bonds. The summed E-state index contributed by atoms with van der Waals surface area (Å²) in [4.78, 5) is 12.3. The predicted octanol–water partition coefficient (Wildman–Crippen LogP) is 3.66. The number of carbonyl (C=O) groups is 1. The number of para-hydroxylation sites is 1. The lowest BCUT2D eigenvalue weighted by atomic mass is 9.97. The maximum atomic E-state index is 12.3. The zero-order valence-corrected chi connectivity index (χ0v) is 11.5. The smallest absolute Gasteiger partial charge is 0.217 e. The molecule has 3 nitrogen and oxygen atoms in total. The van der Waals surface area contributed by atoms with Gasteiger partial charge in [0.1, 0.15) is 0 Å². The predicted molar refractivity (Wildman–Crippen MR) is 73.3 cm³/mol. The molecule has 0 radical (unpaired) electrons. The van der Waals surface area contributed by atoms with E-state index in [-0.39, 0.29) is 5.78 Å². The Bertz CT molecular complexity index is 586. The highest BCUT2D eigenvalue weighted by atomic mass is 35.5. The second-order valence-electron chi connectivity index (χ2n) is 4.75. The lowest BCUT2D eigenvalue weighted by Gasteiger charge is -2.22. The van der Waals surface area contributed by atoms with Gasteiger partial charge in [0.25, 0.3) is 0 Å². The largest absolute Gasteiger partial charge is 0.451 e. The fourth-order valence-electron chi connectivity index (χ4n) is 1.97. The van der Waals surface area contributed by atoms with Crippen molar-refractivity contribution in [3.8, 4) is 0 Å². The second kappa shape index (κ2) is 4.75. The molecule has 1 aromatic carbocycles. The van der Waals surface area contributed by atoms with Crippen LogP contribution in [0.15, 0.2) is 28.7 Å². The van der Waals surface area contributed by atoms with E-state index in [9.17, 15) is 4.79 Å². The number of ketones is 1. The van der Waals surface area contributed by atoms with E-state index in [0.717, 1.165) is 11.9 Å². The molecule has 1 heterocycles. The summed E-state index contributed by atoms with van der Waals surface area (Å²) in [7, 11) is 0. The van der Waals surface area contributed by atoms with Crippen LogP contribution in [-0.2, 0) is 0 Å². The molecule has 4 heteroatoms. The van der Waals surface area contributed by atoms with Gasteiger partial charge in [-0.1, -0.05) is 30.7 Å². The van der Waals surface area contributed by atoms with E-state index in [1.807, 2.05) is 32.9 Å². The molecule has 2 rings (SSSR count). The molecular weight excluding hydrogens is 250 g/mol. The molecule has 96 valence electrons. The molecule has 0 aliphatic rings. The minimum absolute atomic E-state index is 0.0726. The third-order valence-corrected chi connectivity index (χ3v) is 3.20. The Kier molecular flexibility index (Phi) is 3.46. The van der Waals surface area contributed by atoms with E-state index in [1.54, 1.807) is 12.1 Å². The van der Waals surface area contributed by atoms with Crippen LogP contribution in [-0.4, -0.2) is 17.9 Å². The number of hydrogen-bond donors (Lipinski definition) is 1. The van der Waals surface area contributed by atoms with E-state index in [1.165, 1.54) is 0 Å². The van der Waals surface area contributed by atoms with Crippen LogP contribution in [0.25, 0.3) is 11.0 Å². The number of benzene rings is 1. The van der Waals surface area contributed by atoms with Crippen LogP contribution < -0.4 is 5.32 Å². The van der Waals surface area contributed by atoms with E-state index < -0.39 is 5.54 Å². The van der Waals surface area contributed by atoms with Gasteiger partial charge in [0, 0.05) is 5.39 Å². The summed E-state index contributed by atoms with van der Waals surface area (Å²) in [5, 5.41) is 4.50. The quantitative estimate of drug-likeness (QED) is 0.858. The van der Waals surface area contributed by atoms with Crippen molar-refractivity contribution in [3.05, 3.63) is 35.0 Å². The highest BCUT2D eigenvalue weighted by Gasteiger charge is 2.30. The highest BCUT2D eigenvalue weighted by molar-refractivity contribution is 6.34. The number of likely N-dealkylation sites (N-methyl/N-ethyl adjacent to an activating group) is 1. The van der Waals surface area contributed by atoms with Crippen LogP contribution in [0.4, 0.5) is 0 Å². The van der Waals surface area contributed by atoms with E-state index >= 15 is 0 Å². The molecule has 2 aromatic rings. The van der Waals surface area contributed by atoms with E-state index in [4.69, 9.17) is 16.0 Å². The Morgan fingerprint density at radius 3 is 2.78 bits per heavy atom. The van der Waals surface area contributed by atoms with Gasteiger partial charge in [-0.3, -0.25) is 4.79 Å². The summed E-state index contributed by atoms with van der Waals surface area (Å²) in [5.41, 5.74) is -0.0791. The summed E-state index contributed by atoms with van der Waals surface area (Å²) < 4.78 is 5.57. The van der Waals surface area contributed by atoms with Gasteiger partial charge < -0.3 is 9.73 Å². The lowest BCUT2D eigenvalue weighted by Crippen LogP contribution is -2.46. The molecule has 1 aromatic heterocycles. The first-order valence-corrected chi connectivity index (χ1v) is 6.31. The van der Waals surface area contributed by atoms with Crippen LogP contribution in [0.5, 0.6) is 0 Å². The Morgan fingerprint density at radius 2 is 2.17 bits per heavy atom. The summed E-state index contributed by atoms with van der Waals surface area (Å²) in [6.07, 6.45) is 0. The van der Waals surface area contributed by atoms with Crippen LogP contribution in [0.1, 0.15) is 31.3 Å². The molecule has 1 N–H and O–H groups in total. The van der Waals surface area contributed by atoms with E-state index in [2.05, 4.69) is 5.32 Å². The summed E-state index contributed by atoms with van der Waals surface area (Å²) >= 11 is 6.03. The number of carbonyl (C=O) groups excluding carboxylic acids is 1. The number of Topliss-reactive ketones (excluding diaryl/α,β-unsaturated/α-hetero) is 1. The average molecular weight is 266 g/mol. The van der Waals surface area contributed by atoms with Gasteiger partial charge >= 0.3 is 0 Å².